The fourth-order valence-corrected chi connectivity index (χ4v) is 5.34. The molecule has 0 aliphatic carbocycles. The molecule has 5 rings (SSSR count). The zero-order chi connectivity index (χ0) is 27.7. The first-order valence-corrected chi connectivity index (χ1v) is 13.4. The number of aromatic nitrogens is 4. The van der Waals surface area contributed by atoms with E-state index < -0.39 is 0 Å². The zero-order valence-electron chi connectivity index (χ0n) is 22.5. The molecule has 4 aromatic rings. The molecule has 1 aliphatic heterocycles. The van der Waals surface area contributed by atoms with Crippen molar-refractivity contribution in [1.82, 2.24) is 28.9 Å². The molecule has 1 N–H and O–H groups in total. The smallest absolute Gasteiger partial charge is 0.332 e. The Kier molecular flexibility index (Phi) is 7.76. The van der Waals surface area contributed by atoms with Gasteiger partial charge in [-0.15, -0.1) is 0 Å². The normalized spacial score (nSPS) is 15.2. The van der Waals surface area contributed by atoms with Crippen LogP contribution in [0, 0.1) is 17.6 Å². The van der Waals surface area contributed by atoms with Crippen LogP contribution in [-0.4, -0.2) is 61.6 Å². The van der Waals surface area contributed by atoms with E-state index in [2.05, 4.69) is 19.8 Å². The van der Waals surface area contributed by atoms with E-state index in [1.54, 1.807) is 28.8 Å². The number of aromatic amines is 1. The first kappa shape index (κ1) is 27.0. The maximum Gasteiger partial charge on any atom is 0.332 e. The van der Waals surface area contributed by atoms with E-state index in [4.69, 9.17) is 0 Å². The minimum absolute atomic E-state index is 0.0994. The molecule has 1 aliphatic rings. The van der Waals surface area contributed by atoms with Crippen molar-refractivity contribution < 1.29 is 8.78 Å². The van der Waals surface area contributed by atoms with Gasteiger partial charge in [-0.25, -0.2) is 18.6 Å². The molecule has 2 aromatic heterocycles. The molecule has 1 fully saturated rings. The summed E-state index contributed by atoms with van der Waals surface area (Å²) in [4.78, 5) is 37.9. The van der Waals surface area contributed by atoms with Crippen molar-refractivity contribution in [3.63, 3.8) is 0 Å². The van der Waals surface area contributed by atoms with Crippen LogP contribution in [0.3, 0.4) is 0 Å². The van der Waals surface area contributed by atoms with Gasteiger partial charge in [0.2, 0.25) is 0 Å². The highest BCUT2D eigenvalue weighted by Crippen LogP contribution is 2.30. The molecule has 0 saturated carbocycles. The Balaban J connectivity index is 1.29. The topological polar surface area (TPSA) is 79.2 Å². The molecule has 3 heterocycles. The van der Waals surface area contributed by atoms with Gasteiger partial charge in [0, 0.05) is 52.7 Å². The van der Waals surface area contributed by atoms with Gasteiger partial charge in [0.25, 0.3) is 5.56 Å². The number of hydrogen-bond donors (Lipinski definition) is 1. The third-order valence-electron chi connectivity index (χ3n) is 7.38. The number of hydrogen-bond acceptors (Lipinski definition) is 5. The summed E-state index contributed by atoms with van der Waals surface area (Å²) in [6, 6.07) is 12.9. The minimum atomic E-state index is -0.366. The lowest BCUT2D eigenvalue weighted by molar-refractivity contribution is 0.110. The lowest BCUT2D eigenvalue weighted by Crippen LogP contribution is -2.48. The second-order valence-electron chi connectivity index (χ2n) is 10.7. The molecule has 0 radical (unpaired) electrons. The Morgan fingerprint density at radius 1 is 0.897 bits per heavy atom. The molecular formula is C29H34F2N6O2. The van der Waals surface area contributed by atoms with Crippen LogP contribution in [0.2, 0.25) is 0 Å². The van der Waals surface area contributed by atoms with E-state index in [9.17, 15) is 18.4 Å². The van der Waals surface area contributed by atoms with Crippen LogP contribution in [0.5, 0.6) is 0 Å². The van der Waals surface area contributed by atoms with Gasteiger partial charge in [0.1, 0.15) is 23.0 Å². The summed E-state index contributed by atoms with van der Waals surface area (Å²) in [5, 5.41) is 0. The largest absolute Gasteiger partial charge is 0.336 e. The van der Waals surface area contributed by atoms with E-state index in [1.165, 1.54) is 31.3 Å². The number of rotatable bonds is 8. The Morgan fingerprint density at radius 2 is 1.46 bits per heavy atom. The summed E-state index contributed by atoms with van der Waals surface area (Å²) in [7, 11) is 1.49. The maximum absolute atomic E-state index is 13.6. The fraction of sp³-hybridized carbons (Fsp3) is 0.414. The van der Waals surface area contributed by atoms with Crippen molar-refractivity contribution in [3.05, 3.63) is 98.0 Å². The molecule has 39 heavy (non-hydrogen) atoms. The third-order valence-corrected chi connectivity index (χ3v) is 7.38. The molecule has 0 amide bonds. The van der Waals surface area contributed by atoms with Crippen molar-refractivity contribution in [2.24, 2.45) is 13.0 Å². The summed E-state index contributed by atoms with van der Waals surface area (Å²) in [6.45, 7) is 8.49. The van der Waals surface area contributed by atoms with Crippen LogP contribution in [-0.2, 0) is 20.0 Å². The molecule has 0 unspecified atom stereocenters. The summed E-state index contributed by atoms with van der Waals surface area (Å²) >= 11 is 0. The standard InChI is InChI=1S/C29H34F2N6O2/c1-19(2)18-37-27-25(28(38)34(3)29(37)39)32-24(33-27)12-13-35-14-16-36(17-15-35)26(20-4-8-22(30)9-5-20)21-6-10-23(31)11-7-21/h4-11,19,26H,12-18H2,1-3H3,(H,32,33). The molecule has 2 aromatic carbocycles. The van der Waals surface area contributed by atoms with E-state index in [-0.39, 0.29) is 34.8 Å². The molecule has 0 spiro atoms. The highest BCUT2D eigenvalue weighted by Gasteiger charge is 2.27. The number of nitrogens with one attached hydrogen (secondary N) is 1. The van der Waals surface area contributed by atoms with Crippen LogP contribution >= 0.6 is 0 Å². The second-order valence-corrected chi connectivity index (χ2v) is 10.7. The average Bonchev–Trinajstić information content (AvgIpc) is 3.36. The van der Waals surface area contributed by atoms with Gasteiger partial charge >= 0.3 is 5.69 Å². The van der Waals surface area contributed by atoms with Crippen LogP contribution in [0.25, 0.3) is 11.2 Å². The number of H-pyrrole nitrogens is 1. The second kappa shape index (κ2) is 11.2. The minimum Gasteiger partial charge on any atom is -0.336 e. The van der Waals surface area contributed by atoms with Gasteiger partial charge in [-0.05, 0) is 41.3 Å². The zero-order valence-corrected chi connectivity index (χ0v) is 22.5. The van der Waals surface area contributed by atoms with Crippen molar-refractivity contribution in [3.8, 4) is 0 Å². The number of imidazole rings is 1. The Morgan fingerprint density at radius 3 is 2.00 bits per heavy atom. The summed E-state index contributed by atoms with van der Waals surface area (Å²) in [5.41, 5.74) is 1.99. The van der Waals surface area contributed by atoms with E-state index in [1.807, 2.05) is 13.8 Å². The van der Waals surface area contributed by atoms with Gasteiger partial charge in [0.05, 0.1) is 6.04 Å². The first-order valence-electron chi connectivity index (χ1n) is 13.4. The number of halogens is 2. The third kappa shape index (κ3) is 5.72. The quantitative estimate of drug-likeness (QED) is 0.374. The fourth-order valence-electron chi connectivity index (χ4n) is 5.34. The predicted octanol–water partition coefficient (Wildman–Crippen LogP) is 3.31. The van der Waals surface area contributed by atoms with Crippen LogP contribution in [0.15, 0.2) is 58.1 Å². The van der Waals surface area contributed by atoms with Gasteiger partial charge in [0.15, 0.2) is 5.65 Å². The number of fused-ring (bicyclic) bond motifs is 1. The van der Waals surface area contributed by atoms with Gasteiger partial charge in [-0.2, -0.15) is 0 Å². The van der Waals surface area contributed by atoms with E-state index >= 15 is 0 Å². The summed E-state index contributed by atoms with van der Waals surface area (Å²) in [6.07, 6.45) is 0.618. The van der Waals surface area contributed by atoms with Crippen molar-refractivity contribution in [1.29, 1.82) is 0 Å². The summed E-state index contributed by atoms with van der Waals surface area (Å²) in [5.74, 6) is 0.341. The van der Waals surface area contributed by atoms with Crippen LogP contribution in [0.4, 0.5) is 8.78 Å². The maximum atomic E-state index is 13.6. The Hall–Kier alpha value is -3.63. The predicted molar refractivity (Wildman–Crippen MR) is 147 cm³/mol. The number of nitrogens with zero attached hydrogens (tertiary/aromatic N) is 5. The first-order chi connectivity index (χ1) is 18.7. The molecule has 10 heteroatoms. The van der Waals surface area contributed by atoms with E-state index in [0.717, 1.165) is 48.4 Å². The van der Waals surface area contributed by atoms with Crippen molar-refractivity contribution in [2.75, 3.05) is 32.7 Å². The van der Waals surface area contributed by atoms with Crippen LogP contribution < -0.4 is 11.2 Å². The van der Waals surface area contributed by atoms with E-state index in [0.29, 0.717) is 30.0 Å². The molecule has 206 valence electrons. The van der Waals surface area contributed by atoms with Crippen LogP contribution in [0.1, 0.15) is 36.8 Å². The lowest BCUT2D eigenvalue weighted by Gasteiger charge is -2.39. The Labute approximate surface area is 225 Å². The van der Waals surface area contributed by atoms with Crippen molar-refractivity contribution in [2.45, 2.75) is 32.9 Å². The lowest BCUT2D eigenvalue weighted by atomic mass is 9.96. The highest BCUT2D eigenvalue weighted by atomic mass is 19.1. The molecular weight excluding hydrogens is 502 g/mol. The highest BCUT2D eigenvalue weighted by molar-refractivity contribution is 5.69. The van der Waals surface area contributed by atoms with Gasteiger partial charge in [-0.3, -0.25) is 18.8 Å². The average molecular weight is 537 g/mol. The van der Waals surface area contributed by atoms with Crippen molar-refractivity contribution >= 4 is 11.2 Å². The number of piperazine rings is 1. The number of benzene rings is 2. The monoisotopic (exact) mass is 536 g/mol. The molecule has 0 atom stereocenters. The SMILES string of the molecule is CC(C)Cn1c(=O)n(C)c(=O)c2[nH]c(CCN3CCN(C(c4ccc(F)cc4)c4ccc(F)cc4)CC3)nc21. The Bertz CT molecular complexity index is 1500. The summed E-state index contributed by atoms with van der Waals surface area (Å²) < 4.78 is 29.9. The molecule has 8 nitrogen and oxygen atoms in total. The molecule has 0 bridgehead atoms. The van der Waals surface area contributed by atoms with Gasteiger partial charge < -0.3 is 9.88 Å². The molecule has 1 saturated heterocycles. The van der Waals surface area contributed by atoms with Gasteiger partial charge in [-0.1, -0.05) is 38.1 Å².